The Balaban J connectivity index is 1.20. The number of aromatic hydroxyl groups is 2. The maximum atomic E-state index is 15.2. The predicted molar refractivity (Wildman–Crippen MR) is 152 cm³/mol. The molecule has 0 spiro atoms. The molecule has 2 aliphatic heterocycles. The van der Waals surface area contributed by atoms with E-state index in [1.165, 1.54) is 30.0 Å². The van der Waals surface area contributed by atoms with Gasteiger partial charge < -0.3 is 34.9 Å². The van der Waals surface area contributed by atoms with Crippen molar-refractivity contribution in [2.45, 2.75) is 19.6 Å². The quantitative estimate of drug-likeness (QED) is 0.250. The van der Waals surface area contributed by atoms with Crippen LogP contribution < -0.4 is 15.1 Å². The van der Waals surface area contributed by atoms with E-state index >= 15 is 4.39 Å². The van der Waals surface area contributed by atoms with E-state index in [1.54, 1.807) is 28.0 Å². The van der Waals surface area contributed by atoms with Gasteiger partial charge in [0.2, 0.25) is 23.6 Å². The summed E-state index contributed by atoms with van der Waals surface area (Å²) < 4.78 is 21.5. The van der Waals surface area contributed by atoms with Gasteiger partial charge in [-0.3, -0.25) is 19.1 Å². The van der Waals surface area contributed by atoms with Crippen LogP contribution in [0, 0.1) is 5.82 Å². The van der Waals surface area contributed by atoms with Crippen LogP contribution in [-0.4, -0.2) is 95.8 Å². The number of fused-ring (bicyclic) bond motifs is 1. The van der Waals surface area contributed by atoms with Crippen LogP contribution in [0.2, 0.25) is 0 Å². The van der Waals surface area contributed by atoms with E-state index in [1.807, 2.05) is 0 Å². The number of nitrogens with one attached hydrogen (secondary N) is 1. The summed E-state index contributed by atoms with van der Waals surface area (Å²) in [5, 5.41) is 32.2. The van der Waals surface area contributed by atoms with Crippen LogP contribution in [0.15, 0.2) is 46.6 Å². The molecule has 1 aromatic heterocycles. The zero-order valence-electron chi connectivity index (χ0n) is 23.3. The summed E-state index contributed by atoms with van der Waals surface area (Å²) in [7, 11) is 0. The van der Waals surface area contributed by atoms with E-state index < -0.39 is 18.0 Å². The molecule has 1 atom stereocenters. The van der Waals surface area contributed by atoms with Crippen molar-refractivity contribution < 1.29 is 38.5 Å². The van der Waals surface area contributed by atoms with Gasteiger partial charge in [0.1, 0.15) is 31.3 Å². The van der Waals surface area contributed by atoms with Gasteiger partial charge in [0.15, 0.2) is 0 Å². The van der Waals surface area contributed by atoms with Crippen molar-refractivity contribution in [1.82, 2.24) is 14.8 Å². The van der Waals surface area contributed by atoms with Gasteiger partial charge in [0.05, 0.1) is 30.2 Å². The fourth-order valence-electron chi connectivity index (χ4n) is 5.12. The second kappa shape index (κ2) is 12.3. The number of aldehydes is 1. The number of carbonyl (C=O) groups excluding carboxylic acids is 4. The number of benzene rings is 2. The minimum atomic E-state index is -0.622. The number of azo groups is 1. The number of piperazine rings is 1. The molecule has 0 unspecified atom stereocenters. The summed E-state index contributed by atoms with van der Waals surface area (Å²) in [5.74, 6) is -1.70. The number of anilines is 2. The van der Waals surface area contributed by atoms with E-state index in [4.69, 9.17) is 4.74 Å². The number of carbonyl (C=O) groups is 4. The summed E-state index contributed by atoms with van der Waals surface area (Å²) in [4.78, 5) is 51.6. The molecule has 2 aromatic carbocycles. The van der Waals surface area contributed by atoms with E-state index in [2.05, 4.69) is 15.5 Å². The summed E-state index contributed by atoms with van der Waals surface area (Å²) >= 11 is 0. The zero-order valence-corrected chi connectivity index (χ0v) is 23.3. The first-order valence-corrected chi connectivity index (χ1v) is 13.6. The number of hydrogen-bond donors (Lipinski definition) is 3. The molecular weight excluding hydrogens is 565 g/mol. The highest BCUT2D eigenvalue weighted by Gasteiger charge is 2.33. The Bertz CT molecular complexity index is 1600. The molecule has 3 heterocycles. The Kier molecular flexibility index (Phi) is 8.41. The van der Waals surface area contributed by atoms with E-state index in [-0.39, 0.29) is 68.2 Å². The number of halogens is 1. The summed E-state index contributed by atoms with van der Waals surface area (Å²) in [6, 6.07) is 9.05. The molecule has 0 aliphatic carbocycles. The molecule has 3 amide bonds. The van der Waals surface area contributed by atoms with Gasteiger partial charge in [-0.15, -0.1) is 0 Å². The van der Waals surface area contributed by atoms with Crippen LogP contribution in [-0.2, 0) is 25.7 Å². The minimum Gasteiger partial charge on any atom is -0.494 e. The average Bonchev–Trinajstić information content (AvgIpc) is 3.48. The highest BCUT2D eigenvalue weighted by atomic mass is 19.1. The van der Waals surface area contributed by atoms with Crippen molar-refractivity contribution in [1.29, 1.82) is 0 Å². The van der Waals surface area contributed by atoms with Gasteiger partial charge in [0.25, 0.3) is 0 Å². The highest BCUT2D eigenvalue weighted by molar-refractivity contribution is 5.95. The molecule has 2 saturated heterocycles. The standard InChI is InChI=1S/C28H30FN7O7/c1-17(38)30-14-20-15-35(28(42)43-20)19-3-5-24(23(29)13-19)33-7-9-34(10-8-33)25(39)16-36-26(40)21-4-2-18(32-31-6-11-37)12-22(21)27(36)41/h2-5,11-13,20,40-41H,6-10,14-16H2,1H3,(H,30,38)/t20-/m0/s1. The van der Waals surface area contributed by atoms with E-state index in [0.717, 1.165) is 4.57 Å². The molecule has 226 valence electrons. The lowest BCUT2D eigenvalue weighted by molar-refractivity contribution is -0.132. The fourth-order valence-corrected chi connectivity index (χ4v) is 5.12. The lowest BCUT2D eigenvalue weighted by Gasteiger charge is -2.36. The average molecular weight is 596 g/mol. The van der Waals surface area contributed by atoms with Gasteiger partial charge in [-0.05, 0) is 36.4 Å². The number of rotatable bonds is 9. The Hall–Kier alpha value is -5.21. The molecule has 5 rings (SSSR count). The normalized spacial score (nSPS) is 17.1. The number of nitrogens with zero attached hydrogens (tertiary/aromatic N) is 6. The Labute approximate surface area is 244 Å². The van der Waals surface area contributed by atoms with E-state index in [0.29, 0.717) is 41.8 Å². The summed E-state index contributed by atoms with van der Waals surface area (Å²) in [6.45, 7) is 2.54. The number of aromatic nitrogens is 1. The predicted octanol–water partition coefficient (Wildman–Crippen LogP) is 2.28. The molecule has 43 heavy (non-hydrogen) atoms. The molecule has 0 radical (unpaired) electrons. The molecule has 2 aliphatic rings. The van der Waals surface area contributed by atoms with E-state index in [9.17, 15) is 29.4 Å². The number of hydrogen-bond acceptors (Lipinski definition) is 10. The van der Waals surface area contributed by atoms with Crippen LogP contribution in [0.1, 0.15) is 6.92 Å². The van der Waals surface area contributed by atoms with Gasteiger partial charge in [-0.2, -0.15) is 10.2 Å². The van der Waals surface area contributed by atoms with Crippen molar-refractivity contribution in [3.8, 4) is 11.8 Å². The van der Waals surface area contributed by atoms with Crippen LogP contribution >= 0.6 is 0 Å². The largest absolute Gasteiger partial charge is 0.494 e. The minimum absolute atomic E-state index is 0.104. The summed E-state index contributed by atoms with van der Waals surface area (Å²) in [6.07, 6.45) is -0.564. The van der Waals surface area contributed by atoms with Crippen LogP contribution in [0.4, 0.5) is 26.2 Å². The van der Waals surface area contributed by atoms with Crippen molar-refractivity contribution in [3.63, 3.8) is 0 Å². The topological polar surface area (TPSA) is 169 Å². The fraction of sp³-hybridized carbons (Fsp3) is 0.357. The Morgan fingerprint density at radius 2 is 1.84 bits per heavy atom. The second-order valence-electron chi connectivity index (χ2n) is 10.1. The van der Waals surface area contributed by atoms with Crippen molar-refractivity contribution in [2.75, 3.05) is 55.6 Å². The number of ether oxygens (including phenoxy) is 1. The first-order chi connectivity index (χ1) is 20.7. The smallest absolute Gasteiger partial charge is 0.414 e. The summed E-state index contributed by atoms with van der Waals surface area (Å²) in [5.41, 5.74) is 1.03. The number of amides is 3. The number of cyclic esters (lactones) is 1. The highest BCUT2D eigenvalue weighted by Crippen LogP contribution is 2.38. The molecule has 3 N–H and O–H groups in total. The Morgan fingerprint density at radius 1 is 1.09 bits per heavy atom. The van der Waals surface area contributed by atoms with Gasteiger partial charge in [0, 0.05) is 43.9 Å². The van der Waals surface area contributed by atoms with Crippen LogP contribution in [0.3, 0.4) is 0 Å². The maximum Gasteiger partial charge on any atom is 0.414 e. The second-order valence-corrected chi connectivity index (χ2v) is 10.1. The van der Waals surface area contributed by atoms with Gasteiger partial charge >= 0.3 is 6.09 Å². The van der Waals surface area contributed by atoms with Crippen molar-refractivity contribution in [2.24, 2.45) is 10.2 Å². The van der Waals surface area contributed by atoms with Crippen molar-refractivity contribution >= 4 is 52.0 Å². The first kappa shape index (κ1) is 29.3. The third-order valence-corrected chi connectivity index (χ3v) is 7.30. The third-order valence-electron chi connectivity index (χ3n) is 7.30. The van der Waals surface area contributed by atoms with Crippen LogP contribution in [0.5, 0.6) is 11.8 Å². The van der Waals surface area contributed by atoms with Crippen molar-refractivity contribution in [3.05, 3.63) is 42.2 Å². The molecule has 0 saturated carbocycles. The Morgan fingerprint density at radius 3 is 2.53 bits per heavy atom. The SMILES string of the molecule is CC(=O)NC[C@H]1CN(c2ccc(N3CCN(C(=O)Cn4c(O)c5ccc(N=NCC=O)cc5c4O)CC3)c(F)c2)C(=O)O1. The molecular formula is C28H30FN7O7. The molecule has 14 nitrogen and oxygen atoms in total. The first-order valence-electron chi connectivity index (χ1n) is 13.6. The van der Waals surface area contributed by atoms with Gasteiger partial charge in [-0.25, -0.2) is 9.18 Å². The molecule has 15 heteroatoms. The molecule has 2 fully saturated rings. The molecule has 0 bridgehead atoms. The maximum absolute atomic E-state index is 15.2. The lowest BCUT2D eigenvalue weighted by Crippen LogP contribution is -2.49. The van der Waals surface area contributed by atoms with Gasteiger partial charge in [-0.1, -0.05) is 0 Å². The third kappa shape index (κ3) is 6.19. The lowest BCUT2D eigenvalue weighted by atomic mass is 10.2. The zero-order chi connectivity index (χ0) is 30.7. The van der Waals surface area contributed by atoms with Crippen LogP contribution in [0.25, 0.3) is 10.8 Å². The monoisotopic (exact) mass is 595 g/mol. The molecule has 3 aromatic rings.